The first-order valence-corrected chi connectivity index (χ1v) is 6.32. The Balaban J connectivity index is 2.90. The van der Waals surface area contributed by atoms with Gasteiger partial charge in [0.15, 0.2) is 5.82 Å². The zero-order valence-electron chi connectivity index (χ0n) is 9.07. The summed E-state index contributed by atoms with van der Waals surface area (Å²) in [4.78, 5) is 9.98. The van der Waals surface area contributed by atoms with Gasteiger partial charge >= 0.3 is 0 Å². The van der Waals surface area contributed by atoms with Gasteiger partial charge in [-0.3, -0.25) is 0 Å². The van der Waals surface area contributed by atoms with E-state index in [1.54, 1.807) is 11.8 Å². The number of nitrogens with zero attached hydrogens (tertiary/aromatic N) is 3. The standard InChI is InChI=1S/C9H15ClN4S/c1-6(4-15-3)14(2)9-7(10)8(11)12-5-13-9/h5-6H,4H2,1-3H3,(H2,11,12,13). The molecule has 0 radical (unpaired) electrons. The summed E-state index contributed by atoms with van der Waals surface area (Å²) in [6.45, 7) is 2.12. The number of halogens is 1. The van der Waals surface area contributed by atoms with Gasteiger partial charge in [0.25, 0.3) is 0 Å². The number of hydrogen-bond donors (Lipinski definition) is 1. The Morgan fingerprint density at radius 2 is 2.27 bits per heavy atom. The maximum absolute atomic E-state index is 6.03. The highest BCUT2D eigenvalue weighted by Gasteiger charge is 2.15. The molecule has 0 aliphatic heterocycles. The lowest BCUT2D eigenvalue weighted by Crippen LogP contribution is -2.32. The van der Waals surface area contributed by atoms with Crippen LogP contribution in [0.25, 0.3) is 0 Å². The van der Waals surface area contributed by atoms with E-state index in [9.17, 15) is 0 Å². The van der Waals surface area contributed by atoms with Crippen LogP contribution in [0.15, 0.2) is 6.33 Å². The Labute approximate surface area is 99.2 Å². The first-order valence-electron chi connectivity index (χ1n) is 4.55. The lowest BCUT2D eigenvalue weighted by atomic mass is 10.3. The lowest BCUT2D eigenvalue weighted by molar-refractivity contribution is 0.752. The van der Waals surface area contributed by atoms with Gasteiger partial charge in [0.2, 0.25) is 0 Å². The third-order valence-corrected chi connectivity index (χ3v) is 3.38. The van der Waals surface area contributed by atoms with E-state index in [0.717, 1.165) is 5.75 Å². The molecule has 0 aliphatic rings. The Morgan fingerprint density at radius 3 is 2.87 bits per heavy atom. The number of anilines is 2. The summed E-state index contributed by atoms with van der Waals surface area (Å²) in [5.41, 5.74) is 5.62. The second-order valence-corrected chi connectivity index (χ2v) is 4.60. The zero-order chi connectivity index (χ0) is 11.4. The predicted molar refractivity (Wildman–Crippen MR) is 67.7 cm³/mol. The predicted octanol–water partition coefficient (Wildman–Crippen LogP) is 1.90. The summed E-state index contributed by atoms with van der Waals surface area (Å²) < 4.78 is 0. The summed E-state index contributed by atoms with van der Waals surface area (Å²) in [7, 11) is 1.95. The van der Waals surface area contributed by atoms with Crippen molar-refractivity contribution in [3.8, 4) is 0 Å². The Bertz CT molecular complexity index is 334. The van der Waals surface area contributed by atoms with Gasteiger partial charge in [-0.2, -0.15) is 11.8 Å². The van der Waals surface area contributed by atoms with Crippen LogP contribution in [-0.4, -0.2) is 35.1 Å². The van der Waals surface area contributed by atoms with E-state index in [1.807, 2.05) is 11.9 Å². The molecule has 0 saturated heterocycles. The van der Waals surface area contributed by atoms with Crippen LogP contribution >= 0.6 is 23.4 Å². The van der Waals surface area contributed by atoms with Crippen LogP contribution in [0.5, 0.6) is 0 Å². The molecule has 1 aromatic heterocycles. The minimum absolute atomic E-state index is 0.324. The molecule has 2 N–H and O–H groups in total. The Hall–Kier alpha value is -0.680. The molecule has 1 rings (SSSR count). The van der Waals surface area contributed by atoms with E-state index in [4.69, 9.17) is 17.3 Å². The van der Waals surface area contributed by atoms with Gasteiger partial charge in [-0.15, -0.1) is 0 Å². The van der Waals surface area contributed by atoms with Crippen LogP contribution in [0.2, 0.25) is 5.02 Å². The molecule has 15 heavy (non-hydrogen) atoms. The Morgan fingerprint density at radius 1 is 1.60 bits per heavy atom. The zero-order valence-corrected chi connectivity index (χ0v) is 10.6. The number of hydrogen-bond acceptors (Lipinski definition) is 5. The van der Waals surface area contributed by atoms with Gasteiger partial charge < -0.3 is 10.6 Å². The first-order chi connectivity index (χ1) is 7.07. The van der Waals surface area contributed by atoms with Gasteiger partial charge in [-0.1, -0.05) is 11.6 Å². The summed E-state index contributed by atoms with van der Waals surface area (Å²) in [5, 5.41) is 0.424. The number of nitrogens with two attached hydrogens (primary N) is 1. The first kappa shape index (κ1) is 12.4. The normalized spacial score (nSPS) is 12.5. The molecular formula is C9H15ClN4S. The second-order valence-electron chi connectivity index (χ2n) is 3.31. The summed E-state index contributed by atoms with van der Waals surface area (Å²) in [6.07, 6.45) is 3.50. The molecule has 1 unspecified atom stereocenters. The van der Waals surface area contributed by atoms with E-state index in [1.165, 1.54) is 6.33 Å². The van der Waals surface area contributed by atoms with Crippen molar-refractivity contribution < 1.29 is 0 Å². The van der Waals surface area contributed by atoms with E-state index >= 15 is 0 Å². The van der Waals surface area contributed by atoms with Crippen molar-refractivity contribution in [2.45, 2.75) is 13.0 Å². The molecule has 0 spiro atoms. The monoisotopic (exact) mass is 246 g/mol. The smallest absolute Gasteiger partial charge is 0.153 e. The highest BCUT2D eigenvalue weighted by atomic mass is 35.5. The second kappa shape index (κ2) is 5.42. The number of rotatable bonds is 4. The van der Waals surface area contributed by atoms with Crippen molar-refractivity contribution in [1.29, 1.82) is 0 Å². The molecule has 0 bridgehead atoms. The molecule has 4 nitrogen and oxygen atoms in total. The quantitative estimate of drug-likeness (QED) is 0.880. The summed E-state index contributed by atoms with van der Waals surface area (Å²) in [5.74, 6) is 2.02. The fourth-order valence-corrected chi connectivity index (χ4v) is 2.12. The topological polar surface area (TPSA) is 55.0 Å². The molecule has 1 atom stereocenters. The van der Waals surface area contributed by atoms with E-state index in [0.29, 0.717) is 22.7 Å². The van der Waals surface area contributed by atoms with E-state index in [-0.39, 0.29) is 0 Å². The molecular weight excluding hydrogens is 232 g/mol. The van der Waals surface area contributed by atoms with Crippen LogP contribution in [0.4, 0.5) is 11.6 Å². The fourth-order valence-electron chi connectivity index (χ4n) is 1.18. The Kier molecular flexibility index (Phi) is 4.47. The SMILES string of the molecule is CSCC(C)N(C)c1ncnc(N)c1Cl. The fraction of sp³-hybridized carbons (Fsp3) is 0.556. The lowest BCUT2D eigenvalue weighted by Gasteiger charge is -2.26. The van der Waals surface area contributed by atoms with Crippen molar-refractivity contribution in [3.63, 3.8) is 0 Å². The molecule has 1 heterocycles. The molecule has 84 valence electrons. The number of aromatic nitrogens is 2. The van der Waals surface area contributed by atoms with Crippen LogP contribution in [0.1, 0.15) is 6.92 Å². The minimum Gasteiger partial charge on any atom is -0.382 e. The van der Waals surface area contributed by atoms with Crippen LogP contribution in [0.3, 0.4) is 0 Å². The van der Waals surface area contributed by atoms with Gasteiger partial charge in [0.1, 0.15) is 17.2 Å². The minimum atomic E-state index is 0.324. The van der Waals surface area contributed by atoms with Crippen LogP contribution in [0, 0.1) is 0 Å². The molecule has 1 aromatic rings. The molecule has 0 fully saturated rings. The number of thioether (sulfide) groups is 1. The maximum Gasteiger partial charge on any atom is 0.153 e. The average Bonchev–Trinajstić information content (AvgIpc) is 2.21. The van der Waals surface area contributed by atoms with Crippen molar-refractivity contribution >= 4 is 35.0 Å². The summed E-state index contributed by atoms with van der Waals surface area (Å²) in [6, 6.07) is 0.354. The number of nitrogen functional groups attached to an aromatic ring is 1. The van der Waals surface area contributed by atoms with Gasteiger partial charge in [0, 0.05) is 18.8 Å². The van der Waals surface area contributed by atoms with Crippen LogP contribution in [-0.2, 0) is 0 Å². The van der Waals surface area contributed by atoms with E-state index < -0.39 is 0 Å². The van der Waals surface area contributed by atoms with Crippen LogP contribution < -0.4 is 10.6 Å². The molecule has 0 aromatic carbocycles. The van der Waals surface area contributed by atoms with Crippen molar-refractivity contribution in [2.24, 2.45) is 0 Å². The van der Waals surface area contributed by atoms with Crippen molar-refractivity contribution in [1.82, 2.24) is 9.97 Å². The summed E-state index contributed by atoms with van der Waals surface area (Å²) >= 11 is 7.82. The largest absolute Gasteiger partial charge is 0.382 e. The molecule has 0 aliphatic carbocycles. The van der Waals surface area contributed by atoms with Gasteiger partial charge in [-0.25, -0.2) is 9.97 Å². The highest BCUT2D eigenvalue weighted by Crippen LogP contribution is 2.27. The highest BCUT2D eigenvalue weighted by molar-refractivity contribution is 7.98. The third kappa shape index (κ3) is 2.89. The molecule has 0 amide bonds. The van der Waals surface area contributed by atoms with Crippen molar-refractivity contribution in [2.75, 3.05) is 29.7 Å². The van der Waals surface area contributed by atoms with Gasteiger partial charge in [0.05, 0.1) is 0 Å². The average molecular weight is 247 g/mol. The third-order valence-electron chi connectivity index (χ3n) is 2.20. The molecule has 0 saturated carbocycles. The van der Waals surface area contributed by atoms with E-state index in [2.05, 4.69) is 23.1 Å². The maximum atomic E-state index is 6.03. The van der Waals surface area contributed by atoms with Crippen molar-refractivity contribution in [3.05, 3.63) is 11.3 Å². The molecule has 6 heteroatoms. The van der Waals surface area contributed by atoms with Gasteiger partial charge in [-0.05, 0) is 13.2 Å².